The van der Waals surface area contributed by atoms with Gasteiger partial charge in [-0.2, -0.15) is 0 Å². The summed E-state index contributed by atoms with van der Waals surface area (Å²) in [5, 5.41) is 19.5. The number of allylic oxidation sites excluding steroid dienone is 2. The number of aliphatic carboxylic acids is 2. The van der Waals surface area contributed by atoms with Crippen LogP contribution in [0.15, 0.2) is 25.3 Å². The van der Waals surface area contributed by atoms with E-state index in [9.17, 15) is 19.8 Å². The molecule has 0 saturated heterocycles. The van der Waals surface area contributed by atoms with E-state index in [4.69, 9.17) is 0 Å². The van der Waals surface area contributed by atoms with Gasteiger partial charge in [-0.15, -0.1) is 13.2 Å². The highest BCUT2D eigenvalue weighted by Crippen LogP contribution is 2.78. The van der Waals surface area contributed by atoms with Gasteiger partial charge in [0.15, 0.2) is 0 Å². The fourth-order valence-corrected chi connectivity index (χ4v) is 6.61. The molecule has 0 radical (unpaired) electrons. The Hall–Kier alpha value is -1.58. The van der Waals surface area contributed by atoms with Crippen molar-refractivity contribution in [2.24, 2.45) is 34.5 Å². The third-order valence-corrected chi connectivity index (χ3v) is 6.94. The maximum atomic E-state index is 12.0. The minimum absolute atomic E-state index is 0.0130. The molecule has 6 unspecified atom stereocenters. The van der Waals surface area contributed by atoms with E-state index in [1.54, 1.807) is 6.08 Å². The summed E-state index contributed by atoms with van der Waals surface area (Å²) < 4.78 is 0. The van der Waals surface area contributed by atoms with Gasteiger partial charge in [0.05, 0.1) is 11.8 Å². The largest absolute Gasteiger partial charge is 0.481 e. The second-order valence-electron chi connectivity index (χ2n) is 7.34. The molecule has 0 spiro atoms. The third kappa shape index (κ3) is 1.58. The van der Waals surface area contributed by atoms with E-state index in [-0.39, 0.29) is 11.3 Å². The lowest BCUT2D eigenvalue weighted by molar-refractivity contribution is -0.168. The summed E-state index contributed by atoms with van der Waals surface area (Å²) in [4.78, 5) is 23.8. The molecular weight excluding hydrogens is 280 g/mol. The molecule has 2 N–H and O–H groups in total. The van der Waals surface area contributed by atoms with E-state index < -0.39 is 29.2 Å². The third-order valence-electron chi connectivity index (χ3n) is 6.94. The summed E-state index contributed by atoms with van der Waals surface area (Å²) in [7, 11) is 0. The van der Waals surface area contributed by atoms with Crippen molar-refractivity contribution in [2.45, 2.75) is 38.5 Å². The fourth-order valence-electron chi connectivity index (χ4n) is 6.61. The lowest BCUT2D eigenvalue weighted by Gasteiger charge is -2.52. The molecule has 3 rings (SSSR count). The van der Waals surface area contributed by atoms with E-state index in [1.807, 2.05) is 6.08 Å². The van der Waals surface area contributed by atoms with Gasteiger partial charge in [0.25, 0.3) is 0 Å². The van der Waals surface area contributed by atoms with Gasteiger partial charge in [-0.1, -0.05) is 18.6 Å². The number of rotatable bonds is 6. The lowest BCUT2D eigenvalue weighted by atomic mass is 9.50. The normalized spacial score (nSPS) is 45.5. The van der Waals surface area contributed by atoms with Gasteiger partial charge < -0.3 is 10.2 Å². The van der Waals surface area contributed by atoms with Crippen molar-refractivity contribution >= 4 is 11.9 Å². The van der Waals surface area contributed by atoms with Gasteiger partial charge in [0.1, 0.15) is 0 Å². The van der Waals surface area contributed by atoms with Crippen molar-refractivity contribution in [1.29, 1.82) is 0 Å². The first kappa shape index (κ1) is 15.3. The Morgan fingerprint density at radius 3 is 2.27 bits per heavy atom. The van der Waals surface area contributed by atoms with Crippen LogP contribution in [0.2, 0.25) is 0 Å². The van der Waals surface area contributed by atoms with Gasteiger partial charge in [0, 0.05) is 0 Å². The van der Waals surface area contributed by atoms with Crippen LogP contribution in [0, 0.1) is 34.5 Å². The average molecular weight is 304 g/mol. The van der Waals surface area contributed by atoms with Crippen LogP contribution in [0.1, 0.15) is 38.5 Å². The Balaban J connectivity index is 2.18. The highest BCUT2D eigenvalue weighted by molar-refractivity contribution is 5.83. The molecule has 3 aliphatic rings. The SMILES string of the molecule is C=CCC12CCCC1C1CC2(CC=C)C(C(=O)O)C1C(=O)O. The molecule has 0 aromatic heterocycles. The number of carboxylic acid groups (broad SMARTS) is 2. The standard InChI is InChI=1S/C18H24O4/c1-3-7-17-9-5-6-12(17)11-10-18(17,8-4-2)14(16(21)22)13(11)15(19)20/h3-4,11-14H,1-2,5-10H2,(H,19,20)(H,21,22). The number of fused-ring (bicyclic) bond motifs is 5. The van der Waals surface area contributed by atoms with Crippen LogP contribution >= 0.6 is 0 Å². The smallest absolute Gasteiger partial charge is 0.307 e. The molecule has 4 heteroatoms. The molecule has 6 atom stereocenters. The number of hydrogen-bond acceptors (Lipinski definition) is 2. The molecule has 2 bridgehead atoms. The van der Waals surface area contributed by atoms with Crippen LogP contribution in [0.4, 0.5) is 0 Å². The Morgan fingerprint density at radius 1 is 1.09 bits per heavy atom. The average Bonchev–Trinajstić information content (AvgIpc) is 3.05. The summed E-state index contributed by atoms with van der Waals surface area (Å²) in [5.41, 5.74) is -0.563. The monoisotopic (exact) mass is 304 g/mol. The quantitative estimate of drug-likeness (QED) is 0.738. The molecule has 0 amide bonds. The lowest BCUT2D eigenvalue weighted by Crippen LogP contribution is -2.53. The molecule has 0 aliphatic heterocycles. The zero-order chi connectivity index (χ0) is 16.1. The van der Waals surface area contributed by atoms with Gasteiger partial charge in [0.2, 0.25) is 0 Å². The van der Waals surface area contributed by atoms with Gasteiger partial charge in [-0.25, -0.2) is 0 Å². The molecular formula is C18H24O4. The molecule has 0 aromatic rings. The highest BCUT2D eigenvalue weighted by atomic mass is 16.4. The first-order valence-electron chi connectivity index (χ1n) is 8.12. The molecule has 22 heavy (non-hydrogen) atoms. The molecule has 120 valence electrons. The maximum Gasteiger partial charge on any atom is 0.307 e. The van der Waals surface area contributed by atoms with Crippen LogP contribution < -0.4 is 0 Å². The van der Waals surface area contributed by atoms with Gasteiger partial charge in [-0.05, 0) is 54.8 Å². The second kappa shape index (κ2) is 4.97. The van der Waals surface area contributed by atoms with Crippen LogP contribution in [-0.2, 0) is 9.59 Å². The predicted octanol–water partition coefficient (Wildman–Crippen LogP) is 3.35. The van der Waals surface area contributed by atoms with E-state index in [0.29, 0.717) is 18.8 Å². The van der Waals surface area contributed by atoms with Crippen molar-refractivity contribution < 1.29 is 19.8 Å². The van der Waals surface area contributed by atoms with Crippen molar-refractivity contribution in [2.75, 3.05) is 0 Å². The zero-order valence-electron chi connectivity index (χ0n) is 12.8. The van der Waals surface area contributed by atoms with Crippen molar-refractivity contribution in [3.05, 3.63) is 25.3 Å². The van der Waals surface area contributed by atoms with Crippen LogP contribution in [0.5, 0.6) is 0 Å². The second-order valence-corrected chi connectivity index (χ2v) is 7.34. The number of hydrogen-bond donors (Lipinski definition) is 2. The minimum atomic E-state index is -0.953. The van der Waals surface area contributed by atoms with Crippen LogP contribution in [-0.4, -0.2) is 22.2 Å². The first-order chi connectivity index (χ1) is 10.4. The summed E-state index contributed by atoms with van der Waals surface area (Å²) in [6.45, 7) is 7.73. The fraction of sp³-hybridized carbons (Fsp3) is 0.667. The zero-order valence-corrected chi connectivity index (χ0v) is 12.8. The minimum Gasteiger partial charge on any atom is -0.481 e. The molecule has 0 heterocycles. The van der Waals surface area contributed by atoms with E-state index in [2.05, 4.69) is 13.2 Å². The van der Waals surface area contributed by atoms with Crippen LogP contribution in [0.3, 0.4) is 0 Å². The predicted molar refractivity (Wildman–Crippen MR) is 82.2 cm³/mol. The Bertz CT molecular complexity index is 539. The molecule has 4 nitrogen and oxygen atoms in total. The van der Waals surface area contributed by atoms with Gasteiger partial charge >= 0.3 is 11.9 Å². The maximum absolute atomic E-state index is 12.0. The molecule has 3 fully saturated rings. The summed E-state index contributed by atoms with van der Waals surface area (Å²) >= 11 is 0. The summed E-state index contributed by atoms with van der Waals surface area (Å²) in [5.74, 6) is -3.14. The number of carbonyl (C=O) groups is 2. The van der Waals surface area contributed by atoms with E-state index >= 15 is 0 Å². The Morgan fingerprint density at radius 2 is 1.73 bits per heavy atom. The van der Waals surface area contributed by atoms with Crippen molar-refractivity contribution in [1.82, 2.24) is 0 Å². The first-order valence-corrected chi connectivity index (χ1v) is 8.12. The molecule has 0 aromatic carbocycles. The molecule has 3 aliphatic carbocycles. The van der Waals surface area contributed by atoms with Gasteiger partial charge in [-0.3, -0.25) is 9.59 Å². The van der Waals surface area contributed by atoms with E-state index in [1.165, 1.54) is 0 Å². The highest BCUT2D eigenvalue weighted by Gasteiger charge is 2.76. The van der Waals surface area contributed by atoms with Crippen LogP contribution in [0.25, 0.3) is 0 Å². The van der Waals surface area contributed by atoms with E-state index in [0.717, 1.165) is 25.7 Å². The Labute approximate surface area is 130 Å². The summed E-state index contributed by atoms with van der Waals surface area (Å²) in [6.07, 6.45) is 8.86. The Kier molecular flexibility index (Phi) is 3.46. The number of carboxylic acids is 2. The topological polar surface area (TPSA) is 74.6 Å². The van der Waals surface area contributed by atoms with Crippen molar-refractivity contribution in [3.8, 4) is 0 Å². The molecule has 3 saturated carbocycles. The summed E-state index contributed by atoms with van der Waals surface area (Å²) in [6, 6.07) is 0. The van der Waals surface area contributed by atoms with Crippen molar-refractivity contribution in [3.63, 3.8) is 0 Å².